The fraction of sp³-hybridized carbons (Fsp3) is 0.500. The minimum atomic E-state index is -0.307. The number of nitrogens with zero attached hydrogens (tertiary/aromatic N) is 3. The van der Waals surface area contributed by atoms with Crippen LogP contribution in [0.25, 0.3) is 0 Å². The maximum Gasteiger partial charge on any atom is 0.257 e. The van der Waals surface area contributed by atoms with Gasteiger partial charge in [-0.2, -0.15) is 5.10 Å². The molecule has 0 saturated carbocycles. The summed E-state index contributed by atoms with van der Waals surface area (Å²) in [5.74, 6) is 2.31. The van der Waals surface area contributed by atoms with Gasteiger partial charge in [-0.3, -0.25) is 9.89 Å². The third-order valence-electron chi connectivity index (χ3n) is 5.03. The molecule has 1 saturated heterocycles. The molecule has 0 unspecified atom stereocenters. The Morgan fingerprint density at radius 3 is 2.96 bits per heavy atom. The largest absolute Gasteiger partial charge is 0.489 e. The van der Waals surface area contributed by atoms with Crippen LogP contribution in [-0.4, -0.2) is 51.8 Å². The highest BCUT2D eigenvalue weighted by Gasteiger charge is 2.34. The first-order chi connectivity index (χ1) is 12.0. The van der Waals surface area contributed by atoms with Crippen LogP contribution in [0.15, 0.2) is 18.2 Å². The van der Waals surface area contributed by atoms with Gasteiger partial charge in [-0.15, -0.1) is 0 Å². The van der Waals surface area contributed by atoms with Crippen molar-refractivity contribution in [2.24, 2.45) is 0 Å². The summed E-state index contributed by atoms with van der Waals surface area (Å²) in [4.78, 5) is 19.2. The number of amides is 1. The van der Waals surface area contributed by atoms with Crippen LogP contribution in [0.4, 0.5) is 0 Å². The lowest BCUT2D eigenvalue weighted by molar-refractivity contribution is -0.0267. The van der Waals surface area contributed by atoms with E-state index in [9.17, 15) is 4.79 Å². The van der Waals surface area contributed by atoms with Gasteiger partial charge in [0.1, 0.15) is 23.8 Å². The number of nitrogens with one attached hydrogen (secondary N) is 1. The highest BCUT2D eigenvalue weighted by atomic mass is 16.5. The molecule has 3 heterocycles. The van der Waals surface area contributed by atoms with Gasteiger partial charge in [-0.05, 0) is 19.9 Å². The summed E-state index contributed by atoms with van der Waals surface area (Å²) in [5.41, 5.74) is 1.73. The summed E-state index contributed by atoms with van der Waals surface area (Å²) < 4.78 is 11.7. The second-order valence-corrected chi connectivity index (χ2v) is 6.73. The van der Waals surface area contributed by atoms with Crippen LogP contribution in [0.3, 0.4) is 0 Å². The molecule has 7 heteroatoms. The van der Waals surface area contributed by atoms with Crippen molar-refractivity contribution in [3.63, 3.8) is 0 Å². The Morgan fingerprint density at radius 2 is 2.20 bits per heavy atom. The first kappa shape index (κ1) is 16.1. The van der Waals surface area contributed by atoms with E-state index in [4.69, 9.17) is 9.47 Å². The fourth-order valence-corrected chi connectivity index (χ4v) is 3.42. The minimum Gasteiger partial charge on any atom is -0.489 e. The number of aromatic amines is 1. The summed E-state index contributed by atoms with van der Waals surface area (Å²) >= 11 is 0. The quantitative estimate of drug-likeness (QED) is 0.905. The number of H-pyrrole nitrogens is 1. The average Bonchev–Trinajstić information content (AvgIpc) is 3.18. The fourth-order valence-electron chi connectivity index (χ4n) is 3.42. The monoisotopic (exact) mass is 342 g/mol. The smallest absolute Gasteiger partial charge is 0.257 e. The topological polar surface area (TPSA) is 80.3 Å². The molecule has 1 aromatic heterocycles. The number of benzene rings is 1. The van der Waals surface area contributed by atoms with E-state index in [1.807, 2.05) is 32.0 Å². The number of hydrogen-bond acceptors (Lipinski definition) is 5. The number of para-hydroxylation sites is 1. The lowest BCUT2D eigenvalue weighted by Crippen LogP contribution is -2.42. The van der Waals surface area contributed by atoms with E-state index in [-0.39, 0.29) is 24.0 Å². The molecule has 2 aliphatic heterocycles. The summed E-state index contributed by atoms with van der Waals surface area (Å²) in [6, 6.07) is 5.81. The zero-order chi connectivity index (χ0) is 17.6. The van der Waals surface area contributed by atoms with Gasteiger partial charge in [0.2, 0.25) is 0 Å². The second-order valence-electron chi connectivity index (χ2n) is 6.73. The Bertz CT molecular complexity index is 803. The molecule has 3 atom stereocenters. The van der Waals surface area contributed by atoms with Crippen LogP contribution in [0.2, 0.25) is 0 Å². The van der Waals surface area contributed by atoms with Crippen molar-refractivity contribution >= 4 is 5.91 Å². The molecule has 1 aromatic carbocycles. The Kier molecular flexibility index (Phi) is 3.95. The number of rotatable bonds is 2. The van der Waals surface area contributed by atoms with E-state index in [2.05, 4.69) is 22.1 Å². The molecule has 0 radical (unpaired) electrons. The third-order valence-corrected chi connectivity index (χ3v) is 5.03. The maximum atomic E-state index is 13.1. The molecule has 0 spiro atoms. The molecule has 4 rings (SSSR count). The summed E-state index contributed by atoms with van der Waals surface area (Å²) in [6.45, 7) is 7.46. The van der Waals surface area contributed by atoms with E-state index >= 15 is 0 Å². The predicted molar refractivity (Wildman–Crippen MR) is 90.7 cm³/mol. The molecule has 1 fully saturated rings. The van der Waals surface area contributed by atoms with Gasteiger partial charge < -0.3 is 14.4 Å². The molecular weight excluding hydrogens is 320 g/mol. The van der Waals surface area contributed by atoms with E-state index in [1.165, 1.54) is 0 Å². The molecule has 1 amide bonds. The molecule has 2 aromatic rings. The normalized spacial score (nSPS) is 25.6. The van der Waals surface area contributed by atoms with Crippen molar-refractivity contribution in [3.8, 4) is 5.75 Å². The van der Waals surface area contributed by atoms with Crippen LogP contribution < -0.4 is 4.74 Å². The van der Waals surface area contributed by atoms with Crippen LogP contribution >= 0.6 is 0 Å². The first-order valence-electron chi connectivity index (χ1n) is 8.64. The Balaban J connectivity index is 1.58. The van der Waals surface area contributed by atoms with Crippen molar-refractivity contribution in [1.29, 1.82) is 0 Å². The molecule has 132 valence electrons. The van der Waals surface area contributed by atoms with Gasteiger partial charge in [0.05, 0.1) is 18.7 Å². The van der Waals surface area contributed by atoms with Gasteiger partial charge >= 0.3 is 0 Å². The predicted octanol–water partition coefficient (Wildman–Crippen LogP) is 2.21. The van der Waals surface area contributed by atoms with E-state index < -0.39 is 0 Å². The van der Waals surface area contributed by atoms with Crippen molar-refractivity contribution < 1.29 is 14.3 Å². The number of aromatic nitrogens is 3. The maximum absolute atomic E-state index is 13.1. The van der Waals surface area contributed by atoms with Crippen LogP contribution in [0, 0.1) is 6.92 Å². The van der Waals surface area contributed by atoms with Gasteiger partial charge in [-0.25, -0.2) is 4.98 Å². The zero-order valence-corrected chi connectivity index (χ0v) is 14.7. The lowest BCUT2D eigenvalue weighted by atomic mass is 9.96. The number of aryl methyl sites for hydroxylation is 1. The summed E-state index contributed by atoms with van der Waals surface area (Å²) in [7, 11) is 0. The highest BCUT2D eigenvalue weighted by Crippen LogP contribution is 2.40. The van der Waals surface area contributed by atoms with Gasteiger partial charge in [-0.1, -0.05) is 19.1 Å². The standard InChI is InChI=1S/C18H22N4O3/c1-10-11(2)25-16-13(10)5-4-6-14(16)18(23)22-7-8-24-15(9-22)17-19-12(3)20-21-17/h4-6,10-11,15H,7-9H2,1-3H3,(H,19,20,21)/t10-,11+,15+/m1/s1. The SMILES string of the molecule is Cc1nc([C@@H]2CN(C(=O)c3cccc4c3O[C@@H](C)[C@H]4C)CCO2)n[nH]1. The van der Waals surface area contributed by atoms with E-state index in [1.54, 1.807) is 4.90 Å². The van der Waals surface area contributed by atoms with Gasteiger partial charge in [0.15, 0.2) is 5.82 Å². The van der Waals surface area contributed by atoms with E-state index in [0.717, 1.165) is 17.1 Å². The van der Waals surface area contributed by atoms with Crippen LogP contribution in [0.1, 0.15) is 53.4 Å². The molecule has 2 aliphatic rings. The molecule has 1 N–H and O–H groups in total. The second kappa shape index (κ2) is 6.15. The number of carbonyl (C=O) groups is 1. The number of carbonyl (C=O) groups excluding carboxylic acids is 1. The van der Waals surface area contributed by atoms with E-state index in [0.29, 0.717) is 31.1 Å². The first-order valence-corrected chi connectivity index (χ1v) is 8.64. The third kappa shape index (κ3) is 2.78. The average molecular weight is 342 g/mol. The lowest BCUT2D eigenvalue weighted by Gasteiger charge is -2.32. The van der Waals surface area contributed by atoms with Gasteiger partial charge in [0.25, 0.3) is 5.91 Å². The number of fused-ring (bicyclic) bond motifs is 1. The molecular formula is C18H22N4O3. The molecule has 0 bridgehead atoms. The molecule has 7 nitrogen and oxygen atoms in total. The minimum absolute atomic E-state index is 0.0290. The summed E-state index contributed by atoms with van der Waals surface area (Å²) in [5, 5.41) is 6.98. The molecule has 25 heavy (non-hydrogen) atoms. The van der Waals surface area contributed by atoms with Crippen LogP contribution in [-0.2, 0) is 4.74 Å². The Morgan fingerprint density at radius 1 is 1.36 bits per heavy atom. The van der Waals surface area contributed by atoms with Crippen molar-refractivity contribution in [2.45, 2.75) is 38.9 Å². The number of hydrogen-bond donors (Lipinski definition) is 1. The van der Waals surface area contributed by atoms with Crippen molar-refractivity contribution in [3.05, 3.63) is 41.0 Å². The number of ether oxygens (including phenoxy) is 2. The summed E-state index contributed by atoms with van der Waals surface area (Å²) in [6.07, 6.45) is -0.226. The highest BCUT2D eigenvalue weighted by molar-refractivity contribution is 5.97. The van der Waals surface area contributed by atoms with Crippen molar-refractivity contribution in [2.75, 3.05) is 19.7 Å². The Hall–Kier alpha value is -2.41. The van der Waals surface area contributed by atoms with Crippen LogP contribution in [0.5, 0.6) is 5.75 Å². The molecule has 0 aliphatic carbocycles. The zero-order valence-electron chi connectivity index (χ0n) is 14.7. The number of morpholine rings is 1. The Labute approximate surface area is 146 Å². The van der Waals surface area contributed by atoms with Gasteiger partial charge in [0, 0.05) is 18.0 Å². The van der Waals surface area contributed by atoms with Crippen molar-refractivity contribution in [1.82, 2.24) is 20.1 Å².